The third-order valence-corrected chi connectivity index (χ3v) is 6.96. The van der Waals surface area contributed by atoms with Gasteiger partial charge in [0, 0.05) is 35.7 Å². The molecule has 5 N–H and O–H groups in total. The molecule has 0 saturated carbocycles. The van der Waals surface area contributed by atoms with E-state index in [4.69, 9.17) is 16.0 Å². The number of furan rings is 1. The van der Waals surface area contributed by atoms with Crippen LogP contribution in [0.3, 0.4) is 0 Å². The number of nitrogens with one attached hydrogen (secondary N) is 2. The quantitative estimate of drug-likeness (QED) is 0.200. The summed E-state index contributed by atoms with van der Waals surface area (Å²) in [6, 6.07) is 12.1. The van der Waals surface area contributed by atoms with E-state index in [1.165, 1.54) is 23.8 Å². The summed E-state index contributed by atoms with van der Waals surface area (Å²) >= 11 is 7.23. The number of aromatic nitrogens is 1. The van der Waals surface area contributed by atoms with Crippen LogP contribution in [0.4, 0.5) is 0 Å². The summed E-state index contributed by atoms with van der Waals surface area (Å²) in [5, 5.41) is 36.4. The summed E-state index contributed by atoms with van der Waals surface area (Å²) in [4.78, 5) is 27.5. The Hall–Kier alpha value is -2.99. The van der Waals surface area contributed by atoms with Crippen molar-refractivity contribution in [3.63, 3.8) is 0 Å². The van der Waals surface area contributed by atoms with Crippen LogP contribution in [0.15, 0.2) is 64.1 Å². The molecule has 0 fully saturated rings. The number of halogens is 1. The molecule has 4 rings (SSSR count). The van der Waals surface area contributed by atoms with Crippen molar-refractivity contribution in [3.05, 3.63) is 91.9 Å². The van der Waals surface area contributed by atoms with Crippen molar-refractivity contribution < 1.29 is 24.5 Å². The van der Waals surface area contributed by atoms with Gasteiger partial charge in [0.05, 0.1) is 30.9 Å². The molecule has 190 valence electrons. The number of benzene rings is 1. The fourth-order valence-corrected chi connectivity index (χ4v) is 4.92. The molecule has 0 aliphatic rings. The van der Waals surface area contributed by atoms with Gasteiger partial charge >= 0.3 is 0 Å². The standard InChI is InChI=1S/C25H26ClN3O6S/c26-16-5-3-15(4-6-16)9-28-24(34)20-13-29(12-17(31)14-30)25-19(23(20)33)8-18(36-25)10-27-11-21(32)22-2-1-7-35-22/h1-8,13,17,21,27,30-32H,9-12,14H2,(H,28,34)/t17?,21-/m1/s1. The van der Waals surface area contributed by atoms with Gasteiger partial charge in [0.15, 0.2) is 0 Å². The van der Waals surface area contributed by atoms with Gasteiger partial charge in [-0.3, -0.25) is 9.59 Å². The van der Waals surface area contributed by atoms with Gasteiger partial charge < -0.3 is 34.9 Å². The zero-order valence-electron chi connectivity index (χ0n) is 19.2. The van der Waals surface area contributed by atoms with Crippen LogP contribution in [0.25, 0.3) is 10.2 Å². The zero-order chi connectivity index (χ0) is 25.7. The van der Waals surface area contributed by atoms with Crippen LogP contribution in [0.1, 0.15) is 32.7 Å². The van der Waals surface area contributed by atoms with Crippen molar-refractivity contribution in [3.8, 4) is 0 Å². The third kappa shape index (κ3) is 6.22. The van der Waals surface area contributed by atoms with Crippen LogP contribution in [0.5, 0.6) is 0 Å². The number of aliphatic hydroxyl groups excluding tert-OH is 3. The Balaban J connectivity index is 1.55. The highest BCUT2D eigenvalue weighted by Crippen LogP contribution is 2.25. The van der Waals surface area contributed by atoms with Crippen molar-refractivity contribution in [1.82, 2.24) is 15.2 Å². The molecule has 0 saturated heterocycles. The highest BCUT2D eigenvalue weighted by molar-refractivity contribution is 7.18. The first-order valence-corrected chi connectivity index (χ1v) is 12.4. The Labute approximate surface area is 215 Å². The number of pyridine rings is 1. The number of thiophene rings is 1. The molecule has 11 heteroatoms. The smallest absolute Gasteiger partial charge is 0.257 e. The topological polar surface area (TPSA) is 137 Å². The van der Waals surface area contributed by atoms with E-state index in [9.17, 15) is 24.9 Å². The summed E-state index contributed by atoms with van der Waals surface area (Å²) < 4.78 is 6.81. The van der Waals surface area contributed by atoms with Crippen LogP contribution >= 0.6 is 22.9 Å². The van der Waals surface area contributed by atoms with Crippen molar-refractivity contribution in [2.75, 3.05) is 13.2 Å². The summed E-state index contributed by atoms with van der Waals surface area (Å²) in [7, 11) is 0. The third-order valence-electron chi connectivity index (χ3n) is 5.54. The molecule has 0 aliphatic carbocycles. The lowest BCUT2D eigenvalue weighted by Gasteiger charge is -2.14. The Morgan fingerprint density at radius 2 is 1.94 bits per heavy atom. The van der Waals surface area contributed by atoms with Crippen molar-refractivity contribution in [2.24, 2.45) is 0 Å². The second-order valence-electron chi connectivity index (χ2n) is 8.26. The number of aliphatic hydroxyl groups is 3. The minimum atomic E-state index is -1.06. The molecule has 36 heavy (non-hydrogen) atoms. The Morgan fingerprint density at radius 3 is 2.64 bits per heavy atom. The fraction of sp³-hybridized carbons (Fsp3) is 0.280. The molecule has 1 aromatic carbocycles. The number of rotatable bonds is 11. The molecule has 0 bridgehead atoms. The molecule has 2 atom stereocenters. The molecular weight excluding hydrogens is 506 g/mol. The molecular formula is C25H26ClN3O6S. The maximum Gasteiger partial charge on any atom is 0.257 e. The lowest BCUT2D eigenvalue weighted by molar-refractivity contribution is 0.0819. The van der Waals surface area contributed by atoms with E-state index in [-0.39, 0.29) is 25.2 Å². The predicted octanol–water partition coefficient (Wildman–Crippen LogP) is 2.42. The van der Waals surface area contributed by atoms with Crippen molar-refractivity contribution in [2.45, 2.75) is 31.8 Å². The number of nitrogens with zero attached hydrogens (tertiary/aromatic N) is 1. The Morgan fingerprint density at radius 1 is 1.17 bits per heavy atom. The average Bonchev–Trinajstić information content (AvgIpc) is 3.56. The number of carbonyl (C=O) groups is 1. The van der Waals surface area contributed by atoms with Crippen molar-refractivity contribution in [1.29, 1.82) is 0 Å². The SMILES string of the molecule is O=C(NCc1ccc(Cl)cc1)c1cn(CC(O)CO)c2sc(CNC[C@@H](O)c3ccco3)cc2c1=O. The summed E-state index contributed by atoms with van der Waals surface area (Å²) in [5.74, 6) is -0.0951. The summed E-state index contributed by atoms with van der Waals surface area (Å²) in [6.45, 7) is 0.375. The van der Waals surface area contributed by atoms with Gasteiger partial charge in [-0.25, -0.2) is 0 Å². The Bertz CT molecular complexity index is 1370. The maximum absolute atomic E-state index is 13.2. The van der Waals surface area contributed by atoms with Gasteiger partial charge in [0.1, 0.15) is 22.3 Å². The normalized spacial score (nSPS) is 13.1. The van der Waals surface area contributed by atoms with Gasteiger partial charge in [-0.1, -0.05) is 23.7 Å². The van der Waals surface area contributed by atoms with E-state index < -0.39 is 30.2 Å². The number of hydrogen-bond acceptors (Lipinski definition) is 8. The molecule has 3 aromatic heterocycles. The monoisotopic (exact) mass is 531 g/mol. The van der Waals surface area contributed by atoms with Gasteiger partial charge in [0.2, 0.25) is 5.43 Å². The van der Waals surface area contributed by atoms with Crippen LogP contribution in [0.2, 0.25) is 5.02 Å². The second-order valence-corrected chi connectivity index (χ2v) is 9.82. The molecule has 4 aromatic rings. The largest absolute Gasteiger partial charge is 0.467 e. The van der Waals surface area contributed by atoms with E-state index >= 15 is 0 Å². The van der Waals surface area contributed by atoms with E-state index in [1.54, 1.807) is 47.0 Å². The molecule has 1 unspecified atom stereocenters. The highest BCUT2D eigenvalue weighted by Gasteiger charge is 2.19. The van der Waals surface area contributed by atoms with Crippen LogP contribution in [-0.2, 0) is 19.6 Å². The van der Waals surface area contributed by atoms with Gasteiger partial charge in [-0.15, -0.1) is 11.3 Å². The number of hydrogen-bond donors (Lipinski definition) is 5. The first-order valence-electron chi connectivity index (χ1n) is 11.2. The average molecular weight is 532 g/mol. The van der Waals surface area contributed by atoms with Crippen LogP contribution in [-0.4, -0.2) is 45.0 Å². The lowest BCUT2D eigenvalue weighted by atomic mass is 10.1. The predicted molar refractivity (Wildman–Crippen MR) is 137 cm³/mol. The lowest BCUT2D eigenvalue weighted by Crippen LogP contribution is -2.30. The van der Waals surface area contributed by atoms with Gasteiger partial charge in [-0.05, 0) is 35.9 Å². The highest BCUT2D eigenvalue weighted by atomic mass is 35.5. The number of carbonyl (C=O) groups excluding carboxylic acids is 1. The minimum absolute atomic E-state index is 0.00926. The first kappa shape index (κ1) is 26.1. The molecule has 0 spiro atoms. The van der Waals surface area contributed by atoms with Gasteiger partial charge in [-0.2, -0.15) is 0 Å². The molecule has 1 amide bonds. The summed E-state index contributed by atoms with van der Waals surface area (Å²) in [6.07, 6.45) is 1.02. The molecule has 3 heterocycles. The minimum Gasteiger partial charge on any atom is -0.467 e. The molecule has 0 aliphatic heterocycles. The summed E-state index contributed by atoms with van der Waals surface area (Å²) in [5.41, 5.74) is 0.337. The van der Waals surface area contributed by atoms with E-state index in [1.807, 2.05) is 0 Å². The zero-order valence-corrected chi connectivity index (χ0v) is 20.8. The van der Waals surface area contributed by atoms with E-state index in [0.717, 1.165) is 10.4 Å². The number of fused-ring (bicyclic) bond motifs is 1. The second kappa shape index (κ2) is 11.8. The van der Waals surface area contributed by atoms with Gasteiger partial charge in [0.25, 0.3) is 5.91 Å². The van der Waals surface area contributed by atoms with E-state index in [0.29, 0.717) is 27.5 Å². The molecule has 0 radical (unpaired) electrons. The van der Waals surface area contributed by atoms with Crippen molar-refractivity contribution >= 4 is 39.1 Å². The number of amides is 1. The van der Waals surface area contributed by atoms with E-state index in [2.05, 4.69) is 10.6 Å². The fourth-order valence-electron chi connectivity index (χ4n) is 3.69. The Kier molecular flexibility index (Phi) is 8.57. The first-order chi connectivity index (χ1) is 17.4. The van der Waals surface area contributed by atoms with Crippen LogP contribution < -0.4 is 16.1 Å². The maximum atomic E-state index is 13.2. The molecule has 9 nitrogen and oxygen atoms in total. The van der Waals surface area contributed by atoms with Crippen LogP contribution in [0, 0.1) is 0 Å².